The number of hydrogen-bond donors (Lipinski definition) is 1. The second-order valence-electron chi connectivity index (χ2n) is 1.95. The van der Waals surface area contributed by atoms with Crippen LogP contribution in [-0.4, -0.2) is 24.9 Å². The highest BCUT2D eigenvalue weighted by atomic mass is 16.1. The van der Waals surface area contributed by atoms with Gasteiger partial charge in [0, 0.05) is 19.8 Å². The van der Waals surface area contributed by atoms with Crippen molar-refractivity contribution in [2.45, 2.75) is 6.92 Å². The summed E-state index contributed by atoms with van der Waals surface area (Å²) in [6, 6.07) is 0. The van der Waals surface area contributed by atoms with Crippen molar-refractivity contribution in [2.24, 2.45) is 5.73 Å². The van der Waals surface area contributed by atoms with E-state index in [0.29, 0.717) is 6.54 Å². The van der Waals surface area contributed by atoms with E-state index < -0.39 is 0 Å². The number of nitrogens with zero attached hydrogens (tertiary/aromatic N) is 1. The first-order chi connectivity index (χ1) is 4.20. The fraction of sp³-hybridized carbons (Fsp3) is 0.500. The second-order valence-corrected chi connectivity index (χ2v) is 1.95. The van der Waals surface area contributed by atoms with Crippen molar-refractivity contribution in [1.82, 2.24) is 4.90 Å². The van der Waals surface area contributed by atoms with E-state index in [1.807, 2.05) is 6.92 Å². The van der Waals surface area contributed by atoms with Crippen LogP contribution in [0, 0.1) is 0 Å². The Kier molecular flexibility index (Phi) is 3.71. The van der Waals surface area contributed by atoms with Crippen LogP contribution in [0.4, 0.5) is 0 Å². The van der Waals surface area contributed by atoms with E-state index in [4.69, 9.17) is 5.73 Å². The molecule has 3 nitrogen and oxygen atoms in total. The lowest BCUT2D eigenvalue weighted by Gasteiger charge is -2.03. The predicted molar refractivity (Wildman–Crippen MR) is 36.6 cm³/mol. The molecule has 0 spiro atoms. The summed E-state index contributed by atoms with van der Waals surface area (Å²) in [6.45, 7) is 2.37. The third kappa shape index (κ3) is 3.73. The molecule has 0 fully saturated rings. The summed E-state index contributed by atoms with van der Waals surface area (Å²) in [5.74, 6) is 0. The molecule has 0 aliphatic rings. The van der Waals surface area contributed by atoms with Crippen molar-refractivity contribution < 1.29 is 4.79 Å². The standard InChI is InChI=1S/C6H12N2O/c1-6(3-7)4-8(2)5-9/h4-5H,3,7H2,1-2H3/b6-4+. The van der Waals surface area contributed by atoms with Gasteiger partial charge in [0.15, 0.2) is 0 Å². The average Bonchev–Trinajstić information content (AvgIpc) is 1.87. The van der Waals surface area contributed by atoms with Gasteiger partial charge in [0.2, 0.25) is 6.41 Å². The van der Waals surface area contributed by atoms with Crippen molar-refractivity contribution in [2.75, 3.05) is 13.6 Å². The van der Waals surface area contributed by atoms with E-state index >= 15 is 0 Å². The van der Waals surface area contributed by atoms with Crippen LogP contribution in [0.5, 0.6) is 0 Å². The maximum Gasteiger partial charge on any atom is 0.213 e. The molecule has 0 radical (unpaired) electrons. The molecule has 9 heavy (non-hydrogen) atoms. The van der Waals surface area contributed by atoms with Gasteiger partial charge in [-0.3, -0.25) is 4.79 Å². The molecule has 0 aromatic rings. The van der Waals surface area contributed by atoms with Gasteiger partial charge in [0.05, 0.1) is 0 Å². The van der Waals surface area contributed by atoms with Gasteiger partial charge in [-0.1, -0.05) is 0 Å². The highest BCUT2D eigenvalue weighted by Crippen LogP contribution is 1.88. The number of carbonyl (C=O) groups is 1. The van der Waals surface area contributed by atoms with E-state index in [1.165, 1.54) is 4.90 Å². The van der Waals surface area contributed by atoms with Crippen molar-refractivity contribution in [3.63, 3.8) is 0 Å². The minimum atomic E-state index is 0.498. The molecule has 0 saturated heterocycles. The van der Waals surface area contributed by atoms with Crippen LogP contribution in [0.15, 0.2) is 11.8 Å². The van der Waals surface area contributed by atoms with Gasteiger partial charge < -0.3 is 10.6 Å². The Labute approximate surface area is 55.1 Å². The van der Waals surface area contributed by atoms with E-state index in [2.05, 4.69) is 0 Å². The monoisotopic (exact) mass is 128 g/mol. The summed E-state index contributed by atoms with van der Waals surface area (Å²) in [7, 11) is 1.67. The minimum Gasteiger partial charge on any atom is -0.327 e. The lowest BCUT2D eigenvalue weighted by Crippen LogP contribution is -2.10. The molecule has 0 bridgehead atoms. The molecule has 0 aliphatic carbocycles. The van der Waals surface area contributed by atoms with Crippen molar-refractivity contribution >= 4 is 6.41 Å². The molecule has 0 unspecified atom stereocenters. The Morgan fingerprint density at radius 1 is 1.78 bits per heavy atom. The zero-order chi connectivity index (χ0) is 7.28. The van der Waals surface area contributed by atoms with E-state index in [9.17, 15) is 4.79 Å². The van der Waals surface area contributed by atoms with E-state index in [1.54, 1.807) is 13.2 Å². The van der Waals surface area contributed by atoms with Gasteiger partial charge in [0.1, 0.15) is 0 Å². The Bertz CT molecular complexity index is 120. The molecule has 3 heteroatoms. The molecule has 52 valence electrons. The van der Waals surface area contributed by atoms with Gasteiger partial charge in [0.25, 0.3) is 0 Å². The fourth-order valence-electron chi connectivity index (χ4n) is 0.431. The smallest absolute Gasteiger partial charge is 0.213 e. The summed E-state index contributed by atoms with van der Waals surface area (Å²) in [4.78, 5) is 11.4. The first kappa shape index (κ1) is 8.17. The Morgan fingerprint density at radius 3 is 2.67 bits per heavy atom. The molecule has 2 N–H and O–H groups in total. The largest absolute Gasteiger partial charge is 0.327 e. The summed E-state index contributed by atoms with van der Waals surface area (Å²) in [5, 5.41) is 0. The molecule has 0 aliphatic heterocycles. The normalized spacial score (nSPS) is 11.2. The maximum atomic E-state index is 10.00. The summed E-state index contributed by atoms with van der Waals surface area (Å²) in [6.07, 6.45) is 2.44. The van der Waals surface area contributed by atoms with Crippen LogP contribution in [0.3, 0.4) is 0 Å². The van der Waals surface area contributed by atoms with Crippen LogP contribution < -0.4 is 5.73 Å². The third-order valence-corrected chi connectivity index (χ3v) is 0.912. The first-order valence-electron chi connectivity index (χ1n) is 2.75. The van der Waals surface area contributed by atoms with Gasteiger partial charge in [-0.05, 0) is 12.5 Å². The summed E-state index contributed by atoms with van der Waals surface area (Å²) >= 11 is 0. The number of hydrogen-bond acceptors (Lipinski definition) is 2. The van der Waals surface area contributed by atoms with Crippen LogP contribution in [0.25, 0.3) is 0 Å². The van der Waals surface area contributed by atoms with E-state index in [0.717, 1.165) is 12.0 Å². The zero-order valence-corrected chi connectivity index (χ0v) is 5.79. The molecule has 0 rings (SSSR count). The lowest BCUT2D eigenvalue weighted by atomic mass is 10.3. The SMILES string of the molecule is C/C(=C\N(C)C=O)CN. The van der Waals surface area contributed by atoms with Crippen LogP contribution in [0.2, 0.25) is 0 Å². The van der Waals surface area contributed by atoms with Crippen LogP contribution >= 0.6 is 0 Å². The number of amides is 1. The third-order valence-electron chi connectivity index (χ3n) is 0.912. The van der Waals surface area contributed by atoms with Crippen molar-refractivity contribution in [3.8, 4) is 0 Å². The number of rotatable bonds is 3. The number of carbonyl (C=O) groups excluding carboxylic acids is 1. The molecule has 0 aromatic heterocycles. The Balaban J connectivity index is 3.78. The van der Waals surface area contributed by atoms with Crippen molar-refractivity contribution in [3.05, 3.63) is 11.8 Å². The van der Waals surface area contributed by atoms with Gasteiger partial charge in [-0.2, -0.15) is 0 Å². The number of nitrogens with two attached hydrogens (primary N) is 1. The highest BCUT2D eigenvalue weighted by Gasteiger charge is 1.86. The summed E-state index contributed by atoms with van der Waals surface area (Å²) < 4.78 is 0. The molecule has 0 aromatic carbocycles. The molecule has 0 atom stereocenters. The maximum absolute atomic E-state index is 10.00. The Morgan fingerprint density at radius 2 is 2.33 bits per heavy atom. The minimum absolute atomic E-state index is 0.498. The molecule has 0 saturated carbocycles. The topological polar surface area (TPSA) is 46.3 Å². The molecule has 1 amide bonds. The van der Waals surface area contributed by atoms with E-state index in [-0.39, 0.29) is 0 Å². The fourth-order valence-corrected chi connectivity index (χ4v) is 0.431. The first-order valence-corrected chi connectivity index (χ1v) is 2.75. The zero-order valence-electron chi connectivity index (χ0n) is 5.79. The molecular weight excluding hydrogens is 116 g/mol. The average molecular weight is 128 g/mol. The molecular formula is C6H12N2O. The predicted octanol–water partition coefficient (Wildman–Crippen LogP) is -0.0629. The second kappa shape index (κ2) is 4.09. The van der Waals surface area contributed by atoms with Gasteiger partial charge in [-0.15, -0.1) is 0 Å². The molecule has 0 heterocycles. The quantitative estimate of drug-likeness (QED) is 0.541. The highest BCUT2D eigenvalue weighted by molar-refractivity contribution is 5.48. The Hall–Kier alpha value is -0.830. The van der Waals surface area contributed by atoms with Crippen LogP contribution in [0.1, 0.15) is 6.92 Å². The summed E-state index contributed by atoms with van der Waals surface area (Å²) in [5.41, 5.74) is 6.25. The van der Waals surface area contributed by atoms with Gasteiger partial charge >= 0.3 is 0 Å². The van der Waals surface area contributed by atoms with Crippen LogP contribution in [-0.2, 0) is 4.79 Å². The van der Waals surface area contributed by atoms with Gasteiger partial charge in [-0.25, -0.2) is 0 Å². The van der Waals surface area contributed by atoms with Crippen molar-refractivity contribution in [1.29, 1.82) is 0 Å². The lowest BCUT2D eigenvalue weighted by molar-refractivity contribution is -0.115.